The zero-order chi connectivity index (χ0) is 17.9. The summed E-state index contributed by atoms with van der Waals surface area (Å²) in [6.07, 6.45) is -4.50. The summed E-state index contributed by atoms with van der Waals surface area (Å²) in [5.74, 6) is -0.490. The van der Waals surface area contributed by atoms with Gasteiger partial charge in [0.15, 0.2) is 0 Å². The maximum atomic E-state index is 12.7. The number of aryl methyl sites for hydroxylation is 2. The molecule has 0 unspecified atom stereocenters. The largest absolute Gasteiger partial charge is 0.416 e. The predicted octanol–water partition coefficient (Wildman–Crippen LogP) is 5.03. The van der Waals surface area contributed by atoms with Gasteiger partial charge < -0.3 is 10.6 Å². The molecule has 2 N–H and O–H groups in total. The van der Waals surface area contributed by atoms with Crippen molar-refractivity contribution < 1.29 is 18.0 Å². The highest BCUT2D eigenvalue weighted by atomic mass is 35.5. The molecule has 0 spiro atoms. The van der Waals surface area contributed by atoms with Gasteiger partial charge in [0.2, 0.25) is 5.91 Å². The molecule has 0 bridgehead atoms. The number of nitrogens with one attached hydrogen (secondary N) is 2. The molecule has 128 valence electrons. The molecule has 0 radical (unpaired) electrons. The zero-order valence-electron chi connectivity index (χ0n) is 13.1. The van der Waals surface area contributed by atoms with Crippen LogP contribution in [0.2, 0.25) is 5.02 Å². The maximum Gasteiger partial charge on any atom is 0.416 e. The molecule has 0 atom stereocenters. The van der Waals surface area contributed by atoms with Gasteiger partial charge in [0.25, 0.3) is 0 Å². The minimum absolute atomic E-state index is 0.0443. The summed E-state index contributed by atoms with van der Waals surface area (Å²) in [5.41, 5.74) is 1.91. The first kappa shape index (κ1) is 18.1. The van der Waals surface area contributed by atoms with Crippen LogP contribution < -0.4 is 10.6 Å². The normalized spacial score (nSPS) is 11.2. The summed E-state index contributed by atoms with van der Waals surface area (Å²) in [5, 5.41) is 5.38. The van der Waals surface area contributed by atoms with Crippen LogP contribution in [-0.4, -0.2) is 12.5 Å². The molecule has 3 nitrogen and oxygen atoms in total. The smallest absolute Gasteiger partial charge is 0.376 e. The fourth-order valence-corrected chi connectivity index (χ4v) is 2.34. The van der Waals surface area contributed by atoms with Crippen LogP contribution in [0.1, 0.15) is 16.7 Å². The van der Waals surface area contributed by atoms with Crippen molar-refractivity contribution in [2.45, 2.75) is 20.0 Å². The maximum absolute atomic E-state index is 12.7. The topological polar surface area (TPSA) is 41.1 Å². The number of alkyl halides is 3. The van der Waals surface area contributed by atoms with E-state index in [0.717, 1.165) is 35.0 Å². The lowest BCUT2D eigenvalue weighted by molar-refractivity contribution is -0.137. The molecule has 0 heterocycles. The Balaban J connectivity index is 2.04. The number of carbonyl (C=O) groups excluding carboxylic acids is 1. The predicted molar refractivity (Wildman–Crippen MR) is 89.5 cm³/mol. The van der Waals surface area contributed by atoms with Crippen LogP contribution in [0.25, 0.3) is 0 Å². The van der Waals surface area contributed by atoms with Crippen molar-refractivity contribution >= 4 is 28.9 Å². The molecule has 0 aliphatic rings. The number of anilines is 2. The number of amides is 1. The van der Waals surface area contributed by atoms with E-state index in [1.165, 1.54) is 0 Å². The van der Waals surface area contributed by atoms with Gasteiger partial charge in [-0.25, -0.2) is 0 Å². The molecule has 1 amide bonds. The van der Waals surface area contributed by atoms with E-state index in [2.05, 4.69) is 10.6 Å². The first-order chi connectivity index (χ1) is 11.2. The second-order valence-corrected chi connectivity index (χ2v) is 5.82. The molecule has 0 saturated heterocycles. The number of benzene rings is 2. The van der Waals surface area contributed by atoms with Crippen molar-refractivity contribution in [1.29, 1.82) is 0 Å². The Morgan fingerprint density at radius 3 is 2.42 bits per heavy atom. The Hall–Kier alpha value is -2.21. The van der Waals surface area contributed by atoms with Crippen molar-refractivity contribution in [2.75, 3.05) is 17.2 Å². The molecule has 2 aromatic rings. The molecule has 0 aliphatic carbocycles. The van der Waals surface area contributed by atoms with Gasteiger partial charge in [-0.05, 0) is 43.7 Å². The van der Waals surface area contributed by atoms with Gasteiger partial charge in [-0.2, -0.15) is 13.2 Å². The van der Waals surface area contributed by atoms with Crippen LogP contribution in [0.3, 0.4) is 0 Å². The number of hydrogen-bond acceptors (Lipinski definition) is 2. The van der Waals surface area contributed by atoms with Gasteiger partial charge in [-0.15, -0.1) is 0 Å². The molecule has 0 saturated carbocycles. The monoisotopic (exact) mass is 356 g/mol. The molecule has 7 heteroatoms. The molecular weight excluding hydrogens is 341 g/mol. The van der Waals surface area contributed by atoms with Crippen molar-refractivity contribution in [3.8, 4) is 0 Å². The second kappa shape index (κ2) is 7.13. The number of rotatable bonds is 4. The van der Waals surface area contributed by atoms with E-state index in [-0.39, 0.29) is 17.3 Å². The van der Waals surface area contributed by atoms with E-state index in [9.17, 15) is 18.0 Å². The van der Waals surface area contributed by atoms with E-state index < -0.39 is 17.6 Å². The average molecular weight is 357 g/mol. The third-order valence-corrected chi connectivity index (χ3v) is 3.72. The Labute approximate surface area is 142 Å². The van der Waals surface area contributed by atoms with E-state index in [1.807, 2.05) is 32.0 Å². The van der Waals surface area contributed by atoms with E-state index in [1.54, 1.807) is 0 Å². The fraction of sp³-hybridized carbons (Fsp3) is 0.235. The lowest BCUT2D eigenvalue weighted by Gasteiger charge is -2.13. The molecule has 24 heavy (non-hydrogen) atoms. The minimum Gasteiger partial charge on any atom is -0.376 e. The number of carbonyl (C=O) groups is 1. The van der Waals surface area contributed by atoms with Crippen LogP contribution >= 0.6 is 11.6 Å². The van der Waals surface area contributed by atoms with E-state index >= 15 is 0 Å². The minimum atomic E-state index is -4.50. The van der Waals surface area contributed by atoms with Crippen molar-refractivity contribution in [1.82, 2.24) is 0 Å². The Morgan fingerprint density at radius 2 is 1.79 bits per heavy atom. The highest BCUT2D eigenvalue weighted by molar-refractivity contribution is 6.33. The van der Waals surface area contributed by atoms with Gasteiger partial charge in [-0.3, -0.25) is 4.79 Å². The zero-order valence-corrected chi connectivity index (χ0v) is 13.8. The Morgan fingerprint density at radius 1 is 1.08 bits per heavy atom. The van der Waals surface area contributed by atoms with Crippen molar-refractivity contribution in [3.63, 3.8) is 0 Å². The lowest BCUT2D eigenvalue weighted by atomic mass is 10.1. The van der Waals surface area contributed by atoms with Crippen LogP contribution in [0, 0.1) is 13.8 Å². The van der Waals surface area contributed by atoms with Crippen LogP contribution in [0.15, 0.2) is 36.4 Å². The SMILES string of the molecule is Cc1ccc(NCC(=O)Nc2cc(C(F)(F)F)ccc2Cl)c(C)c1. The highest BCUT2D eigenvalue weighted by Crippen LogP contribution is 2.33. The van der Waals surface area contributed by atoms with Crippen molar-refractivity contribution in [2.24, 2.45) is 0 Å². The van der Waals surface area contributed by atoms with Crippen molar-refractivity contribution in [3.05, 3.63) is 58.1 Å². The molecule has 0 fully saturated rings. The molecule has 0 aliphatic heterocycles. The van der Waals surface area contributed by atoms with Gasteiger partial charge >= 0.3 is 6.18 Å². The first-order valence-electron chi connectivity index (χ1n) is 7.14. The quantitative estimate of drug-likeness (QED) is 0.807. The van der Waals surface area contributed by atoms with E-state index in [4.69, 9.17) is 11.6 Å². The Kier molecular flexibility index (Phi) is 5.39. The average Bonchev–Trinajstić information content (AvgIpc) is 2.47. The summed E-state index contributed by atoms with van der Waals surface area (Å²) >= 11 is 5.85. The summed E-state index contributed by atoms with van der Waals surface area (Å²) < 4.78 is 38.1. The third-order valence-electron chi connectivity index (χ3n) is 3.39. The highest BCUT2D eigenvalue weighted by Gasteiger charge is 2.31. The molecular formula is C17H16ClF3N2O. The number of halogens is 4. The third kappa shape index (κ3) is 4.64. The molecule has 0 aromatic heterocycles. The van der Waals surface area contributed by atoms with Gasteiger partial charge in [0.1, 0.15) is 0 Å². The van der Waals surface area contributed by atoms with E-state index in [0.29, 0.717) is 0 Å². The molecule has 2 rings (SSSR count). The molecule has 2 aromatic carbocycles. The standard InChI is InChI=1S/C17H16ClF3N2O/c1-10-3-6-14(11(2)7-10)22-9-16(24)23-15-8-12(17(19,20)21)4-5-13(15)18/h3-8,22H,9H2,1-2H3,(H,23,24). The summed E-state index contributed by atoms with van der Waals surface area (Å²) in [7, 11) is 0. The summed E-state index contributed by atoms with van der Waals surface area (Å²) in [6, 6.07) is 8.50. The summed E-state index contributed by atoms with van der Waals surface area (Å²) in [4.78, 5) is 12.0. The van der Waals surface area contributed by atoms with Crippen LogP contribution in [-0.2, 0) is 11.0 Å². The van der Waals surface area contributed by atoms with Gasteiger partial charge in [0.05, 0.1) is 22.8 Å². The Bertz CT molecular complexity index is 760. The number of hydrogen-bond donors (Lipinski definition) is 2. The summed E-state index contributed by atoms with van der Waals surface area (Å²) in [6.45, 7) is 3.77. The first-order valence-corrected chi connectivity index (χ1v) is 7.52. The van der Waals surface area contributed by atoms with Gasteiger partial charge in [0, 0.05) is 5.69 Å². The van der Waals surface area contributed by atoms with Crippen LogP contribution in [0.4, 0.5) is 24.5 Å². The lowest BCUT2D eigenvalue weighted by Crippen LogP contribution is -2.22. The fourth-order valence-electron chi connectivity index (χ4n) is 2.18. The van der Waals surface area contributed by atoms with Crippen LogP contribution in [0.5, 0.6) is 0 Å². The second-order valence-electron chi connectivity index (χ2n) is 5.41. The van der Waals surface area contributed by atoms with Gasteiger partial charge in [-0.1, -0.05) is 29.3 Å².